The molecule has 0 bridgehead atoms. The molecule has 2 N–H and O–H groups in total. The van der Waals surface area contributed by atoms with Crippen molar-refractivity contribution in [3.63, 3.8) is 0 Å². The maximum absolute atomic E-state index is 13.7. The molecule has 0 saturated heterocycles. The van der Waals surface area contributed by atoms with Gasteiger partial charge in [0, 0.05) is 11.0 Å². The Morgan fingerprint density at radius 1 is 1.14 bits per heavy atom. The van der Waals surface area contributed by atoms with Crippen LogP contribution >= 0.6 is 0 Å². The van der Waals surface area contributed by atoms with Gasteiger partial charge in [-0.3, -0.25) is 0 Å². The highest BCUT2D eigenvalue weighted by Gasteiger charge is 2.32. The van der Waals surface area contributed by atoms with Crippen LogP contribution in [-0.2, 0) is 5.41 Å². The quantitative estimate of drug-likeness (QED) is 0.909. The molecule has 0 aromatic heterocycles. The number of benzene rings is 2. The van der Waals surface area contributed by atoms with Crippen LogP contribution in [0.5, 0.6) is 5.75 Å². The van der Waals surface area contributed by atoms with Gasteiger partial charge in [0.1, 0.15) is 11.6 Å². The van der Waals surface area contributed by atoms with Crippen molar-refractivity contribution in [3.05, 3.63) is 64.5 Å². The summed E-state index contributed by atoms with van der Waals surface area (Å²) in [6.45, 7) is 6.74. The maximum Gasteiger partial charge on any atom is 0.126 e. The van der Waals surface area contributed by atoms with Crippen LogP contribution in [0.25, 0.3) is 0 Å². The average Bonchev–Trinajstić information content (AvgIpc) is 2.76. The summed E-state index contributed by atoms with van der Waals surface area (Å²) in [6, 6.07) is 10.9. The molecule has 2 nitrogen and oxygen atoms in total. The van der Waals surface area contributed by atoms with E-state index in [9.17, 15) is 4.39 Å². The second-order valence-electron chi connectivity index (χ2n) is 6.41. The highest BCUT2D eigenvalue weighted by Crippen LogP contribution is 2.39. The van der Waals surface area contributed by atoms with Crippen molar-refractivity contribution in [2.75, 3.05) is 6.61 Å². The molecule has 2 aromatic carbocycles. The van der Waals surface area contributed by atoms with Gasteiger partial charge in [-0.05, 0) is 41.8 Å². The molecule has 1 unspecified atom stereocenters. The summed E-state index contributed by atoms with van der Waals surface area (Å²) in [7, 11) is 0. The number of fused-ring (bicyclic) bond motifs is 1. The van der Waals surface area contributed by atoms with Crippen molar-refractivity contribution in [2.24, 2.45) is 5.73 Å². The Bertz CT molecular complexity index is 694. The van der Waals surface area contributed by atoms with E-state index in [0.29, 0.717) is 12.2 Å². The third kappa shape index (κ3) is 2.42. The number of hydrogen-bond donors (Lipinski definition) is 1. The summed E-state index contributed by atoms with van der Waals surface area (Å²) in [5.74, 6) is 0.707. The van der Waals surface area contributed by atoms with Gasteiger partial charge in [-0.25, -0.2) is 4.39 Å². The minimum atomic E-state index is -0.332. The first-order valence-corrected chi connectivity index (χ1v) is 7.17. The molecule has 2 aromatic rings. The van der Waals surface area contributed by atoms with Gasteiger partial charge < -0.3 is 10.5 Å². The number of halogens is 1. The molecule has 1 atom stereocenters. The molecule has 0 fully saturated rings. The first-order valence-electron chi connectivity index (χ1n) is 7.17. The number of rotatable bonds is 2. The van der Waals surface area contributed by atoms with Gasteiger partial charge in [-0.1, -0.05) is 32.0 Å². The van der Waals surface area contributed by atoms with Gasteiger partial charge in [-0.2, -0.15) is 0 Å². The van der Waals surface area contributed by atoms with Crippen LogP contribution in [0.4, 0.5) is 4.39 Å². The van der Waals surface area contributed by atoms with Crippen LogP contribution in [0.2, 0.25) is 0 Å². The summed E-state index contributed by atoms with van der Waals surface area (Å²) in [4.78, 5) is 0. The monoisotopic (exact) mass is 285 g/mol. The van der Waals surface area contributed by atoms with Gasteiger partial charge >= 0.3 is 0 Å². The predicted molar refractivity (Wildman–Crippen MR) is 82.1 cm³/mol. The molecule has 0 radical (unpaired) electrons. The Kier molecular flexibility index (Phi) is 3.25. The van der Waals surface area contributed by atoms with E-state index in [-0.39, 0.29) is 17.3 Å². The zero-order chi connectivity index (χ0) is 15.2. The zero-order valence-corrected chi connectivity index (χ0v) is 12.6. The minimum absolute atomic E-state index is 0.0103. The van der Waals surface area contributed by atoms with Crippen molar-refractivity contribution < 1.29 is 9.13 Å². The topological polar surface area (TPSA) is 35.2 Å². The lowest BCUT2D eigenvalue weighted by Crippen LogP contribution is -2.19. The third-order valence-electron chi connectivity index (χ3n) is 4.24. The molecule has 1 aliphatic rings. The molecule has 3 heteroatoms. The Balaban J connectivity index is 1.99. The number of ether oxygens (including phenoxy) is 1. The Morgan fingerprint density at radius 3 is 2.52 bits per heavy atom. The summed E-state index contributed by atoms with van der Waals surface area (Å²) < 4.78 is 19.4. The van der Waals surface area contributed by atoms with Crippen LogP contribution in [0.3, 0.4) is 0 Å². The molecule has 1 aliphatic heterocycles. The summed E-state index contributed by atoms with van der Waals surface area (Å²) in [5.41, 5.74) is 9.87. The van der Waals surface area contributed by atoms with Crippen molar-refractivity contribution in [1.29, 1.82) is 0 Å². The third-order valence-corrected chi connectivity index (χ3v) is 4.24. The molecule has 0 aliphatic carbocycles. The SMILES string of the molecule is Cc1ccc(C(N)c2ccc3c(c2)C(C)(C)CO3)cc1F. The van der Waals surface area contributed by atoms with Crippen molar-refractivity contribution >= 4 is 0 Å². The fraction of sp³-hybridized carbons (Fsp3) is 0.333. The van der Waals surface area contributed by atoms with E-state index in [2.05, 4.69) is 19.9 Å². The molecule has 21 heavy (non-hydrogen) atoms. The van der Waals surface area contributed by atoms with Crippen LogP contribution in [-0.4, -0.2) is 6.61 Å². The predicted octanol–water partition coefficient (Wildman–Crippen LogP) is 3.85. The lowest BCUT2D eigenvalue weighted by Gasteiger charge is -2.18. The lowest BCUT2D eigenvalue weighted by atomic mass is 9.85. The van der Waals surface area contributed by atoms with E-state index in [0.717, 1.165) is 16.9 Å². The average molecular weight is 285 g/mol. The Labute approximate surface area is 124 Å². The van der Waals surface area contributed by atoms with Crippen molar-refractivity contribution in [1.82, 2.24) is 0 Å². The van der Waals surface area contributed by atoms with E-state index >= 15 is 0 Å². The van der Waals surface area contributed by atoms with Crippen LogP contribution < -0.4 is 10.5 Å². The molecule has 1 heterocycles. The van der Waals surface area contributed by atoms with Crippen LogP contribution in [0.1, 0.15) is 42.1 Å². The Morgan fingerprint density at radius 2 is 1.81 bits per heavy atom. The number of nitrogens with two attached hydrogens (primary N) is 1. The van der Waals surface area contributed by atoms with Gasteiger partial charge in [0.15, 0.2) is 0 Å². The maximum atomic E-state index is 13.7. The molecular formula is C18H20FNO. The van der Waals surface area contributed by atoms with E-state index in [1.165, 1.54) is 11.6 Å². The van der Waals surface area contributed by atoms with Crippen LogP contribution in [0, 0.1) is 12.7 Å². The molecule has 3 rings (SSSR count). The Hall–Kier alpha value is -1.87. The second-order valence-corrected chi connectivity index (χ2v) is 6.41. The summed E-state index contributed by atoms with van der Waals surface area (Å²) >= 11 is 0. The normalized spacial score (nSPS) is 17.2. The van der Waals surface area contributed by atoms with Gasteiger partial charge in [0.2, 0.25) is 0 Å². The number of hydrogen-bond acceptors (Lipinski definition) is 2. The van der Waals surface area contributed by atoms with Crippen LogP contribution in [0.15, 0.2) is 36.4 Å². The second kappa shape index (κ2) is 4.85. The van der Waals surface area contributed by atoms with Gasteiger partial charge in [0.05, 0.1) is 12.6 Å². The smallest absolute Gasteiger partial charge is 0.126 e. The van der Waals surface area contributed by atoms with E-state index in [1.807, 2.05) is 18.2 Å². The summed E-state index contributed by atoms with van der Waals surface area (Å²) in [6.07, 6.45) is 0. The highest BCUT2D eigenvalue weighted by molar-refractivity contribution is 5.47. The molecular weight excluding hydrogens is 265 g/mol. The van der Waals surface area contributed by atoms with E-state index in [1.54, 1.807) is 13.0 Å². The minimum Gasteiger partial charge on any atom is -0.492 e. The van der Waals surface area contributed by atoms with E-state index < -0.39 is 0 Å². The largest absolute Gasteiger partial charge is 0.492 e. The van der Waals surface area contributed by atoms with Gasteiger partial charge in [-0.15, -0.1) is 0 Å². The molecule has 110 valence electrons. The summed E-state index contributed by atoms with van der Waals surface area (Å²) in [5, 5.41) is 0. The molecule has 0 saturated carbocycles. The lowest BCUT2D eigenvalue weighted by molar-refractivity contribution is 0.291. The fourth-order valence-electron chi connectivity index (χ4n) is 2.73. The highest BCUT2D eigenvalue weighted by atomic mass is 19.1. The number of aryl methyl sites for hydroxylation is 1. The van der Waals surface area contributed by atoms with Crippen molar-refractivity contribution in [3.8, 4) is 5.75 Å². The molecule has 0 spiro atoms. The first-order chi connectivity index (χ1) is 9.88. The standard InChI is InChI=1S/C18H20FNO/c1-11-4-5-13(9-15(11)19)17(20)12-6-7-16-14(8-12)18(2,3)10-21-16/h4-9,17H,10,20H2,1-3H3. The zero-order valence-electron chi connectivity index (χ0n) is 12.6. The first kappa shape index (κ1) is 14.1. The fourth-order valence-corrected chi connectivity index (χ4v) is 2.73. The molecule has 0 amide bonds. The van der Waals surface area contributed by atoms with E-state index in [4.69, 9.17) is 10.5 Å². The van der Waals surface area contributed by atoms with Gasteiger partial charge in [0.25, 0.3) is 0 Å². The van der Waals surface area contributed by atoms with Crippen molar-refractivity contribution in [2.45, 2.75) is 32.2 Å².